The molecule has 0 atom stereocenters. The summed E-state index contributed by atoms with van der Waals surface area (Å²) in [4.78, 5) is 5.17. The van der Waals surface area contributed by atoms with Crippen LogP contribution in [-0.2, 0) is 6.54 Å². The predicted molar refractivity (Wildman–Crippen MR) is 88.3 cm³/mol. The molecule has 4 heteroatoms. The summed E-state index contributed by atoms with van der Waals surface area (Å²) >= 11 is 9.70. The lowest BCUT2D eigenvalue weighted by Gasteiger charge is -2.44. The Morgan fingerprint density at radius 1 is 1.20 bits per heavy atom. The van der Waals surface area contributed by atoms with E-state index >= 15 is 0 Å². The monoisotopic (exact) mass is 356 g/mol. The largest absolute Gasteiger partial charge is 0.306 e. The molecule has 20 heavy (non-hydrogen) atoms. The van der Waals surface area contributed by atoms with Crippen LogP contribution in [0.3, 0.4) is 0 Å². The predicted octanol–water partition coefficient (Wildman–Crippen LogP) is 4.16. The number of benzene rings is 1. The van der Waals surface area contributed by atoms with E-state index in [1.54, 1.807) is 0 Å². The van der Waals surface area contributed by atoms with Crippen molar-refractivity contribution in [3.05, 3.63) is 33.3 Å². The number of rotatable bonds is 2. The SMILES string of the molecule is CN1CCC2(CCCN2Cc2ccc(Cl)cc2Br)CC1. The van der Waals surface area contributed by atoms with Gasteiger partial charge in [-0.25, -0.2) is 0 Å². The first kappa shape index (κ1) is 14.8. The summed E-state index contributed by atoms with van der Waals surface area (Å²) in [7, 11) is 2.24. The molecule has 1 spiro atoms. The summed E-state index contributed by atoms with van der Waals surface area (Å²) in [6, 6.07) is 6.17. The van der Waals surface area contributed by atoms with Gasteiger partial charge in [0.1, 0.15) is 0 Å². The molecule has 0 bridgehead atoms. The zero-order chi connectivity index (χ0) is 14.2. The summed E-state index contributed by atoms with van der Waals surface area (Å²) in [6.07, 6.45) is 5.34. The van der Waals surface area contributed by atoms with Crippen LogP contribution in [-0.4, -0.2) is 42.0 Å². The highest BCUT2D eigenvalue weighted by Crippen LogP contribution is 2.39. The Bertz CT molecular complexity index is 483. The lowest BCUT2D eigenvalue weighted by Crippen LogP contribution is -2.50. The molecule has 0 unspecified atom stereocenters. The fraction of sp³-hybridized carbons (Fsp3) is 0.625. The van der Waals surface area contributed by atoms with Gasteiger partial charge in [0.25, 0.3) is 0 Å². The van der Waals surface area contributed by atoms with Gasteiger partial charge in [-0.05, 0) is 70.1 Å². The third kappa shape index (κ3) is 2.92. The maximum absolute atomic E-state index is 6.04. The molecule has 0 aromatic heterocycles. The fourth-order valence-corrected chi connectivity index (χ4v) is 4.51. The van der Waals surface area contributed by atoms with E-state index in [9.17, 15) is 0 Å². The van der Waals surface area contributed by atoms with E-state index in [-0.39, 0.29) is 0 Å². The normalized spacial score (nSPS) is 23.6. The van der Waals surface area contributed by atoms with Crippen LogP contribution in [0.1, 0.15) is 31.2 Å². The number of hydrogen-bond donors (Lipinski definition) is 0. The third-order valence-electron chi connectivity index (χ3n) is 5.04. The number of hydrogen-bond acceptors (Lipinski definition) is 2. The highest BCUT2D eigenvalue weighted by Gasteiger charge is 2.42. The van der Waals surface area contributed by atoms with Gasteiger partial charge in [-0.3, -0.25) is 4.90 Å². The average Bonchev–Trinajstić information content (AvgIpc) is 2.80. The number of likely N-dealkylation sites (tertiary alicyclic amines) is 2. The van der Waals surface area contributed by atoms with Crippen LogP contribution in [0.4, 0.5) is 0 Å². The Morgan fingerprint density at radius 3 is 2.65 bits per heavy atom. The van der Waals surface area contributed by atoms with Crippen LogP contribution in [0.25, 0.3) is 0 Å². The van der Waals surface area contributed by atoms with Crippen LogP contribution in [0.2, 0.25) is 5.02 Å². The summed E-state index contributed by atoms with van der Waals surface area (Å²) in [5.41, 5.74) is 1.81. The van der Waals surface area contributed by atoms with Gasteiger partial charge in [0.05, 0.1) is 0 Å². The van der Waals surface area contributed by atoms with E-state index in [0.29, 0.717) is 5.54 Å². The third-order valence-corrected chi connectivity index (χ3v) is 6.01. The van der Waals surface area contributed by atoms with Crippen LogP contribution < -0.4 is 0 Å². The summed E-state index contributed by atoms with van der Waals surface area (Å²) in [5, 5.41) is 0.802. The molecule has 0 amide bonds. The first-order chi connectivity index (χ1) is 9.59. The minimum absolute atomic E-state index is 0.450. The molecule has 2 fully saturated rings. The number of nitrogens with zero attached hydrogens (tertiary/aromatic N) is 2. The molecule has 1 aromatic rings. The Morgan fingerprint density at radius 2 is 1.95 bits per heavy atom. The van der Waals surface area contributed by atoms with Crippen molar-refractivity contribution < 1.29 is 0 Å². The van der Waals surface area contributed by atoms with E-state index in [4.69, 9.17) is 11.6 Å². The molecule has 0 radical (unpaired) electrons. The molecule has 110 valence electrons. The Balaban J connectivity index is 1.76. The number of halogens is 2. The van der Waals surface area contributed by atoms with Crippen molar-refractivity contribution in [1.29, 1.82) is 0 Å². The summed E-state index contributed by atoms with van der Waals surface area (Å²) < 4.78 is 1.14. The smallest absolute Gasteiger partial charge is 0.0417 e. The zero-order valence-corrected chi connectivity index (χ0v) is 14.4. The van der Waals surface area contributed by atoms with Gasteiger partial charge in [-0.15, -0.1) is 0 Å². The minimum Gasteiger partial charge on any atom is -0.306 e. The Labute approximate surface area is 135 Å². The van der Waals surface area contributed by atoms with E-state index in [1.165, 1.54) is 50.9 Å². The quantitative estimate of drug-likeness (QED) is 0.784. The van der Waals surface area contributed by atoms with Gasteiger partial charge in [0.15, 0.2) is 0 Å². The lowest BCUT2D eigenvalue weighted by atomic mass is 9.85. The second kappa shape index (κ2) is 5.96. The second-order valence-electron chi connectivity index (χ2n) is 6.29. The molecular formula is C16H22BrClN2. The van der Waals surface area contributed by atoms with Gasteiger partial charge in [0.2, 0.25) is 0 Å². The molecule has 1 aromatic carbocycles. The molecule has 2 aliphatic rings. The highest BCUT2D eigenvalue weighted by molar-refractivity contribution is 9.10. The fourth-order valence-electron chi connectivity index (χ4n) is 3.70. The molecule has 0 aliphatic carbocycles. The Kier molecular flexibility index (Phi) is 4.42. The Hall–Kier alpha value is -0.0900. The zero-order valence-electron chi connectivity index (χ0n) is 12.0. The van der Waals surface area contributed by atoms with Crippen molar-refractivity contribution in [3.8, 4) is 0 Å². The van der Waals surface area contributed by atoms with Gasteiger partial charge in [0, 0.05) is 21.6 Å². The van der Waals surface area contributed by atoms with Crippen LogP contribution >= 0.6 is 27.5 Å². The van der Waals surface area contributed by atoms with Crippen molar-refractivity contribution in [1.82, 2.24) is 9.80 Å². The summed E-state index contributed by atoms with van der Waals surface area (Å²) in [6.45, 7) is 4.75. The first-order valence-corrected chi connectivity index (χ1v) is 8.64. The second-order valence-corrected chi connectivity index (χ2v) is 7.58. The van der Waals surface area contributed by atoms with Crippen molar-refractivity contribution in [3.63, 3.8) is 0 Å². The highest BCUT2D eigenvalue weighted by atomic mass is 79.9. The number of piperidine rings is 1. The molecule has 2 heterocycles. The molecule has 2 aliphatic heterocycles. The van der Waals surface area contributed by atoms with Gasteiger partial charge >= 0.3 is 0 Å². The van der Waals surface area contributed by atoms with Crippen LogP contribution in [0.5, 0.6) is 0 Å². The minimum atomic E-state index is 0.450. The molecule has 0 saturated carbocycles. The van der Waals surface area contributed by atoms with Gasteiger partial charge < -0.3 is 4.90 Å². The first-order valence-electron chi connectivity index (χ1n) is 7.47. The molecule has 0 N–H and O–H groups in total. The van der Waals surface area contributed by atoms with E-state index < -0.39 is 0 Å². The van der Waals surface area contributed by atoms with E-state index in [0.717, 1.165) is 16.0 Å². The summed E-state index contributed by atoms with van der Waals surface area (Å²) in [5.74, 6) is 0. The van der Waals surface area contributed by atoms with Gasteiger partial charge in [-0.2, -0.15) is 0 Å². The van der Waals surface area contributed by atoms with Crippen molar-refractivity contribution in [2.75, 3.05) is 26.7 Å². The van der Waals surface area contributed by atoms with Crippen LogP contribution in [0.15, 0.2) is 22.7 Å². The lowest BCUT2D eigenvalue weighted by molar-refractivity contribution is 0.0567. The van der Waals surface area contributed by atoms with Crippen LogP contribution in [0, 0.1) is 0 Å². The van der Waals surface area contributed by atoms with Crippen molar-refractivity contribution in [2.24, 2.45) is 0 Å². The van der Waals surface area contributed by atoms with Gasteiger partial charge in [-0.1, -0.05) is 33.6 Å². The average molecular weight is 358 g/mol. The molecule has 2 nitrogen and oxygen atoms in total. The van der Waals surface area contributed by atoms with E-state index in [1.807, 2.05) is 12.1 Å². The maximum atomic E-state index is 6.04. The van der Waals surface area contributed by atoms with E-state index in [2.05, 4.69) is 38.8 Å². The molecular weight excluding hydrogens is 336 g/mol. The maximum Gasteiger partial charge on any atom is 0.0417 e. The van der Waals surface area contributed by atoms with Crippen molar-refractivity contribution in [2.45, 2.75) is 37.8 Å². The topological polar surface area (TPSA) is 6.48 Å². The standard InChI is InChI=1S/C16H22BrClN2/c1-19-9-6-16(7-10-19)5-2-8-20(16)12-13-3-4-14(18)11-15(13)17/h3-4,11H,2,5-10,12H2,1H3. The molecule has 2 saturated heterocycles. The van der Waals surface area contributed by atoms with Crippen molar-refractivity contribution >= 4 is 27.5 Å². The molecule has 3 rings (SSSR count).